The number of piperidine rings is 1. The lowest BCUT2D eigenvalue weighted by atomic mass is 9.79. The lowest BCUT2D eigenvalue weighted by Gasteiger charge is -2.42. The Kier molecular flexibility index (Phi) is 6.22. The van der Waals surface area contributed by atoms with Gasteiger partial charge in [0.15, 0.2) is 0 Å². The number of hydrogen-bond donors (Lipinski definition) is 1. The Morgan fingerprint density at radius 2 is 1.86 bits per heavy atom. The molecule has 0 aromatic heterocycles. The van der Waals surface area contributed by atoms with Crippen molar-refractivity contribution in [3.05, 3.63) is 35.9 Å². The van der Waals surface area contributed by atoms with Crippen LogP contribution in [0, 0.1) is 5.41 Å². The first-order valence-electron chi connectivity index (χ1n) is 8.13. The monoisotopic (exact) mass is 290 g/mol. The molecule has 0 saturated carbocycles. The first-order chi connectivity index (χ1) is 10.2. The molecule has 3 nitrogen and oxygen atoms in total. The van der Waals surface area contributed by atoms with Gasteiger partial charge in [0.1, 0.15) is 0 Å². The van der Waals surface area contributed by atoms with E-state index < -0.39 is 0 Å². The van der Waals surface area contributed by atoms with E-state index in [1.807, 2.05) is 7.11 Å². The summed E-state index contributed by atoms with van der Waals surface area (Å²) in [5, 5.41) is 3.48. The summed E-state index contributed by atoms with van der Waals surface area (Å²) in [6.07, 6.45) is 2.41. The van der Waals surface area contributed by atoms with Crippen molar-refractivity contribution in [3.8, 4) is 0 Å². The van der Waals surface area contributed by atoms with E-state index in [1.54, 1.807) is 0 Å². The van der Waals surface area contributed by atoms with Crippen molar-refractivity contribution in [2.75, 3.05) is 33.4 Å². The fraction of sp³-hybridized carbons (Fsp3) is 0.667. The van der Waals surface area contributed by atoms with Crippen LogP contribution in [0.15, 0.2) is 30.3 Å². The van der Waals surface area contributed by atoms with E-state index in [1.165, 1.54) is 18.4 Å². The van der Waals surface area contributed by atoms with Crippen LogP contribution < -0.4 is 5.32 Å². The number of methoxy groups -OCH3 is 1. The fourth-order valence-electron chi connectivity index (χ4n) is 3.28. The standard InChI is InChI=1S/C18H30N2O/c1-16(2)20(13-17-7-5-4-6-8-17)14-18(15-21-3)9-11-19-12-10-18/h4-8,16,19H,9-15H2,1-3H3. The van der Waals surface area contributed by atoms with Gasteiger partial charge in [-0.3, -0.25) is 4.90 Å². The Morgan fingerprint density at radius 1 is 1.19 bits per heavy atom. The van der Waals surface area contributed by atoms with Gasteiger partial charge in [0, 0.05) is 31.7 Å². The highest BCUT2D eigenvalue weighted by molar-refractivity contribution is 5.14. The summed E-state index contributed by atoms with van der Waals surface area (Å²) in [5.41, 5.74) is 1.70. The summed E-state index contributed by atoms with van der Waals surface area (Å²) in [6.45, 7) is 9.83. The third kappa shape index (κ3) is 4.80. The fourth-order valence-corrected chi connectivity index (χ4v) is 3.28. The molecular weight excluding hydrogens is 260 g/mol. The zero-order valence-corrected chi connectivity index (χ0v) is 13.8. The van der Waals surface area contributed by atoms with Crippen molar-refractivity contribution in [1.82, 2.24) is 10.2 Å². The molecule has 1 saturated heterocycles. The van der Waals surface area contributed by atoms with Gasteiger partial charge < -0.3 is 10.1 Å². The van der Waals surface area contributed by atoms with Crippen molar-refractivity contribution < 1.29 is 4.74 Å². The molecule has 1 aliphatic heterocycles. The molecule has 1 aliphatic rings. The summed E-state index contributed by atoms with van der Waals surface area (Å²) >= 11 is 0. The quantitative estimate of drug-likeness (QED) is 0.835. The van der Waals surface area contributed by atoms with E-state index in [-0.39, 0.29) is 0 Å². The molecule has 0 atom stereocenters. The van der Waals surface area contributed by atoms with Crippen molar-refractivity contribution in [1.29, 1.82) is 0 Å². The first-order valence-corrected chi connectivity index (χ1v) is 8.13. The van der Waals surface area contributed by atoms with Crippen molar-refractivity contribution in [2.24, 2.45) is 5.41 Å². The number of benzene rings is 1. The van der Waals surface area contributed by atoms with Gasteiger partial charge in [-0.05, 0) is 45.3 Å². The maximum Gasteiger partial charge on any atom is 0.0531 e. The predicted octanol–water partition coefficient (Wildman–Crippen LogP) is 2.91. The minimum Gasteiger partial charge on any atom is -0.384 e. The highest BCUT2D eigenvalue weighted by Crippen LogP contribution is 2.31. The summed E-state index contributed by atoms with van der Waals surface area (Å²) < 4.78 is 5.56. The molecular formula is C18H30N2O. The average Bonchev–Trinajstić information content (AvgIpc) is 2.49. The van der Waals surface area contributed by atoms with Crippen LogP contribution in [-0.2, 0) is 11.3 Å². The van der Waals surface area contributed by atoms with Gasteiger partial charge >= 0.3 is 0 Å². The van der Waals surface area contributed by atoms with Crippen molar-refractivity contribution in [3.63, 3.8) is 0 Å². The van der Waals surface area contributed by atoms with E-state index in [9.17, 15) is 0 Å². The summed E-state index contributed by atoms with van der Waals surface area (Å²) in [7, 11) is 1.83. The Bertz CT molecular complexity index is 393. The number of hydrogen-bond acceptors (Lipinski definition) is 3. The molecule has 0 unspecified atom stereocenters. The molecule has 1 aromatic carbocycles. The van der Waals surface area contributed by atoms with Crippen molar-refractivity contribution >= 4 is 0 Å². The Hall–Kier alpha value is -0.900. The maximum absolute atomic E-state index is 5.56. The Balaban J connectivity index is 2.06. The lowest BCUT2D eigenvalue weighted by molar-refractivity contribution is 0.0117. The topological polar surface area (TPSA) is 24.5 Å². The molecule has 0 radical (unpaired) electrons. The number of ether oxygens (including phenoxy) is 1. The van der Waals surface area contributed by atoms with Crippen molar-refractivity contribution in [2.45, 2.75) is 39.3 Å². The van der Waals surface area contributed by atoms with Gasteiger partial charge in [0.05, 0.1) is 6.61 Å². The molecule has 0 spiro atoms. The molecule has 0 amide bonds. The minimum atomic E-state index is 0.305. The van der Waals surface area contributed by atoms with E-state index in [4.69, 9.17) is 4.74 Å². The zero-order valence-electron chi connectivity index (χ0n) is 13.8. The van der Waals surface area contributed by atoms with Gasteiger partial charge in [-0.25, -0.2) is 0 Å². The minimum absolute atomic E-state index is 0.305. The smallest absolute Gasteiger partial charge is 0.0531 e. The second-order valence-electron chi connectivity index (χ2n) is 6.67. The van der Waals surface area contributed by atoms with E-state index >= 15 is 0 Å². The first kappa shape index (κ1) is 16.5. The molecule has 3 heteroatoms. The van der Waals surface area contributed by atoms with Crippen LogP contribution in [0.4, 0.5) is 0 Å². The highest BCUT2D eigenvalue weighted by atomic mass is 16.5. The Labute approximate surface area is 129 Å². The van der Waals surface area contributed by atoms with Crippen LogP contribution in [0.1, 0.15) is 32.3 Å². The second kappa shape index (κ2) is 7.92. The highest BCUT2D eigenvalue weighted by Gasteiger charge is 2.34. The van der Waals surface area contributed by atoms with E-state index in [0.29, 0.717) is 11.5 Å². The summed E-state index contributed by atoms with van der Waals surface area (Å²) in [5.74, 6) is 0. The molecule has 1 N–H and O–H groups in total. The molecule has 1 fully saturated rings. The molecule has 2 rings (SSSR count). The second-order valence-corrected chi connectivity index (χ2v) is 6.67. The van der Waals surface area contributed by atoms with Gasteiger partial charge in [-0.1, -0.05) is 30.3 Å². The van der Waals surface area contributed by atoms with Crippen LogP contribution in [-0.4, -0.2) is 44.3 Å². The van der Waals surface area contributed by atoms with Gasteiger partial charge in [-0.15, -0.1) is 0 Å². The van der Waals surface area contributed by atoms with Crippen LogP contribution in [0.25, 0.3) is 0 Å². The van der Waals surface area contributed by atoms with Crippen LogP contribution in [0.2, 0.25) is 0 Å². The predicted molar refractivity (Wildman–Crippen MR) is 88.4 cm³/mol. The third-order valence-electron chi connectivity index (χ3n) is 4.61. The molecule has 118 valence electrons. The Morgan fingerprint density at radius 3 is 2.43 bits per heavy atom. The van der Waals surface area contributed by atoms with Crippen LogP contribution in [0.5, 0.6) is 0 Å². The average molecular weight is 290 g/mol. The normalized spacial score (nSPS) is 18.3. The zero-order chi connectivity index (χ0) is 15.1. The summed E-state index contributed by atoms with van der Waals surface area (Å²) in [4.78, 5) is 2.60. The van der Waals surface area contributed by atoms with Crippen LogP contribution >= 0.6 is 0 Å². The largest absolute Gasteiger partial charge is 0.384 e. The van der Waals surface area contributed by atoms with Gasteiger partial charge in [0.25, 0.3) is 0 Å². The van der Waals surface area contributed by atoms with E-state index in [2.05, 4.69) is 54.4 Å². The molecule has 1 aromatic rings. The number of nitrogens with zero attached hydrogens (tertiary/aromatic N) is 1. The van der Waals surface area contributed by atoms with Gasteiger partial charge in [0.2, 0.25) is 0 Å². The lowest BCUT2D eigenvalue weighted by Crippen LogP contribution is -2.48. The number of nitrogens with one attached hydrogen (secondary N) is 1. The summed E-state index contributed by atoms with van der Waals surface area (Å²) in [6, 6.07) is 11.3. The van der Waals surface area contributed by atoms with E-state index in [0.717, 1.165) is 32.8 Å². The van der Waals surface area contributed by atoms with Crippen LogP contribution in [0.3, 0.4) is 0 Å². The third-order valence-corrected chi connectivity index (χ3v) is 4.61. The molecule has 0 bridgehead atoms. The SMILES string of the molecule is COCC1(CN(Cc2ccccc2)C(C)C)CCNCC1. The molecule has 0 aliphatic carbocycles. The maximum atomic E-state index is 5.56. The van der Waals surface area contributed by atoms with Gasteiger partial charge in [-0.2, -0.15) is 0 Å². The molecule has 21 heavy (non-hydrogen) atoms. The molecule has 1 heterocycles. The number of rotatable bonds is 7.